The number of nitro groups is 1. The van der Waals surface area contributed by atoms with E-state index in [0.29, 0.717) is 18.0 Å². The molecule has 0 amide bonds. The van der Waals surface area contributed by atoms with E-state index in [0.717, 1.165) is 11.4 Å². The molecule has 0 aliphatic rings. The standard InChI is InChI=1S/C15H17N3O3/c1-3-21-12-9-7-11(8-10-12)17-14-6-4-5-13(16-2)15(14)18(19)20/h4-10,16-17H,3H2,1-2H3. The van der Waals surface area contributed by atoms with Crippen molar-refractivity contribution >= 4 is 22.7 Å². The molecule has 0 aliphatic carbocycles. The molecule has 0 aromatic heterocycles. The first kappa shape index (κ1) is 14.6. The highest BCUT2D eigenvalue weighted by molar-refractivity contribution is 5.79. The van der Waals surface area contributed by atoms with E-state index in [1.54, 1.807) is 25.2 Å². The number of hydrogen-bond donors (Lipinski definition) is 2. The van der Waals surface area contributed by atoms with Gasteiger partial charge in [-0.15, -0.1) is 0 Å². The van der Waals surface area contributed by atoms with Crippen molar-refractivity contribution in [1.82, 2.24) is 0 Å². The molecule has 21 heavy (non-hydrogen) atoms. The smallest absolute Gasteiger partial charge is 0.315 e. The molecular formula is C15H17N3O3. The molecule has 0 saturated carbocycles. The Bertz CT molecular complexity index is 627. The Morgan fingerprint density at radius 1 is 1.14 bits per heavy atom. The van der Waals surface area contributed by atoms with Gasteiger partial charge in [-0.1, -0.05) is 6.07 Å². The lowest BCUT2D eigenvalue weighted by Gasteiger charge is -2.10. The number of hydrogen-bond acceptors (Lipinski definition) is 5. The first-order chi connectivity index (χ1) is 10.2. The second-order valence-electron chi connectivity index (χ2n) is 4.29. The van der Waals surface area contributed by atoms with Crippen molar-refractivity contribution in [1.29, 1.82) is 0 Å². The van der Waals surface area contributed by atoms with E-state index >= 15 is 0 Å². The monoisotopic (exact) mass is 287 g/mol. The van der Waals surface area contributed by atoms with Crippen LogP contribution in [0.25, 0.3) is 0 Å². The predicted octanol–water partition coefficient (Wildman–Crippen LogP) is 3.78. The van der Waals surface area contributed by atoms with Crippen LogP contribution in [0.15, 0.2) is 42.5 Å². The average Bonchev–Trinajstić information content (AvgIpc) is 2.49. The lowest BCUT2D eigenvalue weighted by atomic mass is 10.2. The van der Waals surface area contributed by atoms with Crippen LogP contribution in [0, 0.1) is 10.1 Å². The maximum Gasteiger partial charge on any atom is 0.315 e. The Kier molecular flexibility index (Phi) is 4.61. The van der Waals surface area contributed by atoms with Gasteiger partial charge in [0, 0.05) is 12.7 Å². The number of anilines is 3. The molecular weight excluding hydrogens is 270 g/mol. The zero-order valence-electron chi connectivity index (χ0n) is 11.9. The molecule has 0 aliphatic heterocycles. The molecule has 0 radical (unpaired) electrons. The number of nitro benzene ring substituents is 1. The van der Waals surface area contributed by atoms with Gasteiger partial charge in [0.25, 0.3) is 0 Å². The molecule has 2 aromatic carbocycles. The summed E-state index contributed by atoms with van der Waals surface area (Å²) in [6.45, 7) is 2.52. The Balaban J connectivity index is 2.28. The predicted molar refractivity (Wildman–Crippen MR) is 83.5 cm³/mol. The number of ether oxygens (including phenoxy) is 1. The van der Waals surface area contributed by atoms with Gasteiger partial charge in [-0.2, -0.15) is 0 Å². The van der Waals surface area contributed by atoms with Crippen LogP contribution in [0.3, 0.4) is 0 Å². The van der Waals surface area contributed by atoms with E-state index in [2.05, 4.69) is 10.6 Å². The van der Waals surface area contributed by atoms with Crippen molar-refractivity contribution in [3.63, 3.8) is 0 Å². The summed E-state index contributed by atoms with van der Waals surface area (Å²) in [5.74, 6) is 0.765. The summed E-state index contributed by atoms with van der Waals surface area (Å²) >= 11 is 0. The fourth-order valence-corrected chi connectivity index (χ4v) is 2.00. The van der Waals surface area contributed by atoms with Gasteiger partial charge in [0.15, 0.2) is 0 Å². The van der Waals surface area contributed by atoms with Gasteiger partial charge in [-0.3, -0.25) is 10.1 Å². The minimum atomic E-state index is -0.400. The highest BCUT2D eigenvalue weighted by Gasteiger charge is 2.18. The molecule has 6 heteroatoms. The van der Waals surface area contributed by atoms with Crippen LogP contribution < -0.4 is 15.4 Å². The van der Waals surface area contributed by atoms with E-state index in [-0.39, 0.29) is 5.69 Å². The van der Waals surface area contributed by atoms with Crippen LogP contribution in [0.1, 0.15) is 6.92 Å². The highest BCUT2D eigenvalue weighted by atomic mass is 16.6. The quantitative estimate of drug-likeness (QED) is 0.624. The van der Waals surface area contributed by atoms with E-state index in [1.807, 2.05) is 31.2 Å². The third kappa shape index (κ3) is 3.42. The molecule has 2 N–H and O–H groups in total. The van der Waals surface area contributed by atoms with Gasteiger partial charge in [0.05, 0.1) is 11.5 Å². The highest BCUT2D eigenvalue weighted by Crippen LogP contribution is 2.34. The van der Waals surface area contributed by atoms with Gasteiger partial charge in [0.1, 0.15) is 17.1 Å². The number of benzene rings is 2. The number of nitrogens with zero attached hydrogens (tertiary/aromatic N) is 1. The number of rotatable bonds is 6. The summed E-state index contributed by atoms with van der Waals surface area (Å²) in [5.41, 5.74) is 1.69. The van der Waals surface area contributed by atoms with E-state index in [9.17, 15) is 10.1 Å². The van der Waals surface area contributed by atoms with Crippen LogP contribution in [0.4, 0.5) is 22.7 Å². The number of para-hydroxylation sites is 1. The molecule has 2 aromatic rings. The van der Waals surface area contributed by atoms with Crippen molar-refractivity contribution in [3.05, 3.63) is 52.6 Å². The van der Waals surface area contributed by atoms with Gasteiger partial charge in [0.2, 0.25) is 0 Å². The van der Waals surface area contributed by atoms with Gasteiger partial charge < -0.3 is 15.4 Å². The molecule has 0 spiro atoms. The second kappa shape index (κ2) is 6.60. The van der Waals surface area contributed by atoms with Gasteiger partial charge >= 0.3 is 5.69 Å². The topological polar surface area (TPSA) is 76.4 Å². The summed E-state index contributed by atoms with van der Waals surface area (Å²) in [6.07, 6.45) is 0. The molecule has 6 nitrogen and oxygen atoms in total. The Morgan fingerprint density at radius 3 is 2.38 bits per heavy atom. The first-order valence-corrected chi connectivity index (χ1v) is 6.60. The zero-order valence-corrected chi connectivity index (χ0v) is 11.9. The summed E-state index contributed by atoms with van der Waals surface area (Å²) in [6, 6.07) is 12.4. The van der Waals surface area contributed by atoms with E-state index < -0.39 is 4.92 Å². The lowest BCUT2D eigenvalue weighted by molar-refractivity contribution is -0.383. The van der Waals surface area contributed by atoms with Crippen molar-refractivity contribution in [3.8, 4) is 5.75 Å². The third-order valence-electron chi connectivity index (χ3n) is 2.93. The third-order valence-corrected chi connectivity index (χ3v) is 2.93. The van der Waals surface area contributed by atoms with Crippen LogP contribution in [-0.4, -0.2) is 18.6 Å². The molecule has 0 heterocycles. The summed E-state index contributed by atoms with van der Waals surface area (Å²) in [4.78, 5) is 10.8. The Labute approximate surface area is 122 Å². The van der Waals surface area contributed by atoms with Crippen LogP contribution in [-0.2, 0) is 0 Å². The SMILES string of the molecule is CCOc1ccc(Nc2cccc(NC)c2[N+](=O)[O-])cc1. The molecule has 0 atom stereocenters. The first-order valence-electron chi connectivity index (χ1n) is 6.60. The molecule has 0 bridgehead atoms. The van der Waals surface area contributed by atoms with Crippen molar-refractivity contribution < 1.29 is 9.66 Å². The lowest BCUT2D eigenvalue weighted by Crippen LogP contribution is -2.01. The van der Waals surface area contributed by atoms with E-state index in [4.69, 9.17) is 4.74 Å². The average molecular weight is 287 g/mol. The van der Waals surface area contributed by atoms with E-state index in [1.165, 1.54) is 0 Å². The largest absolute Gasteiger partial charge is 0.494 e. The molecule has 0 fully saturated rings. The number of nitrogens with one attached hydrogen (secondary N) is 2. The minimum Gasteiger partial charge on any atom is -0.494 e. The zero-order chi connectivity index (χ0) is 15.2. The van der Waals surface area contributed by atoms with Crippen LogP contribution in [0.2, 0.25) is 0 Å². The Morgan fingerprint density at radius 2 is 1.81 bits per heavy atom. The summed E-state index contributed by atoms with van der Waals surface area (Å²) in [7, 11) is 1.66. The molecule has 110 valence electrons. The Hall–Kier alpha value is -2.76. The summed E-state index contributed by atoms with van der Waals surface area (Å²) < 4.78 is 5.36. The van der Waals surface area contributed by atoms with Gasteiger partial charge in [-0.25, -0.2) is 0 Å². The van der Waals surface area contributed by atoms with Crippen LogP contribution >= 0.6 is 0 Å². The summed E-state index contributed by atoms with van der Waals surface area (Å²) in [5, 5.41) is 17.1. The van der Waals surface area contributed by atoms with Crippen molar-refractivity contribution in [2.45, 2.75) is 6.92 Å². The molecule has 0 saturated heterocycles. The maximum atomic E-state index is 11.2. The normalized spacial score (nSPS) is 10.0. The van der Waals surface area contributed by atoms with Crippen LogP contribution in [0.5, 0.6) is 5.75 Å². The molecule has 0 unspecified atom stereocenters. The van der Waals surface area contributed by atoms with Gasteiger partial charge in [-0.05, 0) is 43.3 Å². The second-order valence-corrected chi connectivity index (χ2v) is 4.29. The van der Waals surface area contributed by atoms with Crippen molar-refractivity contribution in [2.75, 3.05) is 24.3 Å². The minimum absolute atomic E-state index is 0.0221. The van der Waals surface area contributed by atoms with Crippen molar-refractivity contribution in [2.24, 2.45) is 0 Å². The fraction of sp³-hybridized carbons (Fsp3) is 0.200. The fourth-order valence-electron chi connectivity index (χ4n) is 2.00. The maximum absolute atomic E-state index is 11.2. The molecule has 2 rings (SSSR count).